The van der Waals surface area contributed by atoms with Crippen molar-refractivity contribution in [3.63, 3.8) is 0 Å². The number of nitrogens with zero attached hydrogens (tertiary/aromatic N) is 1. The van der Waals surface area contributed by atoms with Gasteiger partial charge in [0, 0.05) is 13.1 Å². The minimum Gasteiger partial charge on any atom is -0.207 e. The van der Waals surface area contributed by atoms with E-state index in [1.165, 1.54) is 11.1 Å². The summed E-state index contributed by atoms with van der Waals surface area (Å²) in [5.41, 5.74) is 2.55. The highest BCUT2D eigenvalue weighted by Gasteiger charge is 2.29. The number of rotatable bonds is 5. The van der Waals surface area contributed by atoms with E-state index in [0.717, 1.165) is 25.7 Å². The van der Waals surface area contributed by atoms with Crippen LogP contribution in [0.25, 0.3) is 0 Å². The Kier molecular flexibility index (Phi) is 5.19. The lowest BCUT2D eigenvalue weighted by Crippen LogP contribution is -2.37. The van der Waals surface area contributed by atoms with Crippen LogP contribution in [-0.2, 0) is 16.4 Å². The summed E-state index contributed by atoms with van der Waals surface area (Å²) in [5.74, 6) is 0.500. The minimum absolute atomic E-state index is 0.423. The van der Waals surface area contributed by atoms with Gasteiger partial charge in [-0.25, -0.2) is 8.42 Å². The standard InChI is InChI=1S/C18H23NO2S2/c1-2-3-15-4-6-18(7-5-15)23(20,21)19-11-8-16(9-12-19)17-10-13-22-14-17/h4-7,10,13-14,16H,2-3,8-9,11-12H2,1H3. The number of thiophene rings is 1. The Hall–Kier alpha value is -1.17. The Morgan fingerprint density at radius 3 is 2.39 bits per heavy atom. The van der Waals surface area contributed by atoms with Gasteiger partial charge in [-0.05, 0) is 65.3 Å². The molecule has 0 N–H and O–H groups in total. The Morgan fingerprint density at radius 2 is 1.83 bits per heavy atom. The second-order valence-electron chi connectivity index (χ2n) is 6.13. The lowest BCUT2D eigenvalue weighted by Gasteiger charge is -2.31. The fraction of sp³-hybridized carbons (Fsp3) is 0.444. The molecule has 1 aliphatic heterocycles. The number of piperidine rings is 1. The molecule has 3 nitrogen and oxygen atoms in total. The van der Waals surface area contributed by atoms with Crippen molar-refractivity contribution in [1.29, 1.82) is 0 Å². The largest absolute Gasteiger partial charge is 0.243 e. The first kappa shape index (κ1) is 16.7. The third-order valence-electron chi connectivity index (χ3n) is 4.57. The molecule has 1 aromatic carbocycles. The van der Waals surface area contributed by atoms with E-state index in [0.29, 0.717) is 23.9 Å². The summed E-state index contributed by atoms with van der Waals surface area (Å²) in [5, 5.41) is 4.28. The van der Waals surface area contributed by atoms with Crippen LogP contribution < -0.4 is 0 Å². The van der Waals surface area contributed by atoms with Gasteiger partial charge >= 0.3 is 0 Å². The Bertz CT molecular complexity index is 713. The predicted octanol–water partition coefficient (Wildman–Crippen LogP) is 4.27. The van der Waals surface area contributed by atoms with Crippen LogP contribution in [0.2, 0.25) is 0 Å². The van der Waals surface area contributed by atoms with Gasteiger partial charge < -0.3 is 0 Å². The highest BCUT2D eigenvalue weighted by Crippen LogP contribution is 2.31. The minimum atomic E-state index is -3.35. The number of hydrogen-bond acceptors (Lipinski definition) is 3. The number of benzene rings is 1. The van der Waals surface area contributed by atoms with Gasteiger partial charge in [0.25, 0.3) is 0 Å². The third kappa shape index (κ3) is 3.67. The zero-order valence-corrected chi connectivity index (χ0v) is 15.1. The van der Waals surface area contributed by atoms with E-state index < -0.39 is 10.0 Å². The monoisotopic (exact) mass is 349 g/mol. The maximum absolute atomic E-state index is 12.8. The second-order valence-corrected chi connectivity index (χ2v) is 8.85. The molecule has 0 spiro atoms. The molecule has 5 heteroatoms. The topological polar surface area (TPSA) is 37.4 Å². The number of aryl methyl sites for hydroxylation is 1. The summed E-state index contributed by atoms with van der Waals surface area (Å²) in [4.78, 5) is 0.423. The molecule has 0 bridgehead atoms. The summed E-state index contributed by atoms with van der Waals surface area (Å²) in [6.45, 7) is 3.35. The zero-order chi connectivity index (χ0) is 16.3. The van der Waals surface area contributed by atoms with Crippen LogP contribution in [0.1, 0.15) is 43.2 Å². The average Bonchev–Trinajstić information content (AvgIpc) is 3.10. The van der Waals surface area contributed by atoms with Crippen molar-refractivity contribution < 1.29 is 8.42 Å². The Labute approximate surface area is 143 Å². The van der Waals surface area contributed by atoms with Gasteiger partial charge in [0.2, 0.25) is 10.0 Å². The second kappa shape index (κ2) is 7.16. The highest BCUT2D eigenvalue weighted by molar-refractivity contribution is 7.89. The van der Waals surface area contributed by atoms with E-state index in [1.807, 2.05) is 12.1 Å². The molecule has 0 unspecified atom stereocenters. The van der Waals surface area contributed by atoms with Crippen LogP contribution in [0.3, 0.4) is 0 Å². The van der Waals surface area contributed by atoms with E-state index in [1.54, 1.807) is 27.8 Å². The molecule has 1 aromatic heterocycles. The first-order valence-electron chi connectivity index (χ1n) is 8.22. The summed E-state index contributed by atoms with van der Waals surface area (Å²) in [6, 6.07) is 9.55. The lowest BCUT2D eigenvalue weighted by molar-refractivity contribution is 0.320. The number of hydrogen-bond donors (Lipinski definition) is 0. The van der Waals surface area contributed by atoms with Gasteiger partial charge in [-0.1, -0.05) is 25.5 Å². The molecule has 2 heterocycles. The van der Waals surface area contributed by atoms with Crippen molar-refractivity contribution in [3.05, 3.63) is 52.2 Å². The predicted molar refractivity (Wildman–Crippen MR) is 95.5 cm³/mol. The summed E-state index contributed by atoms with van der Waals surface area (Å²) in [6.07, 6.45) is 3.88. The van der Waals surface area contributed by atoms with Crippen molar-refractivity contribution in [1.82, 2.24) is 4.31 Å². The SMILES string of the molecule is CCCc1ccc(S(=O)(=O)N2CCC(c3ccsc3)CC2)cc1. The van der Waals surface area contributed by atoms with E-state index in [4.69, 9.17) is 0 Å². The fourth-order valence-corrected chi connectivity index (χ4v) is 5.41. The van der Waals surface area contributed by atoms with Crippen LogP contribution in [0.5, 0.6) is 0 Å². The molecule has 2 aromatic rings. The fourth-order valence-electron chi connectivity index (χ4n) is 3.20. The van der Waals surface area contributed by atoms with Crippen LogP contribution in [0, 0.1) is 0 Å². The normalized spacial score (nSPS) is 17.4. The molecule has 0 aliphatic carbocycles. The van der Waals surface area contributed by atoms with Crippen LogP contribution >= 0.6 is 11.3 Å². The smallest absolute Gasteiger partial charge is 0.207 e. The summed E-state index contributed by atoms with van der Waals surface area (Å²) < 4.78 is 27.2. The molecule has 124 valence electrons. The molecular weight excluding hydrogens is 326 g/mol. The Morgan fingerprint density at radius 1 is 1.13 bits per heavy atom. The first-order chi connectivity index (χ1) is 11.1. The van der Waals surface area contributed by atoms with Crippen molar-refractivity contribution >= 4 is 21.4 Å². The quantitative estimate of drug-likeness (QED) is 0.808. The Balaban J connectivity index is 1.68. The maximum atomic E-state index is 12.8. The van der Waals surface area contributed by atoms with E-state index in [2.05, 4.69) is 23.8 Å². The van der Waals surface area contributed by atoms with Gasteiger partial charge in [0.1, 0.15) is 0 Å². The molecule has 23 heavy (non-hydrogen) atoms. The van der Waals surface area contributed by atoms with Crippen molar-refractivity contribution in [2.45, 2.75) is 43.4 Å². The average molecular weight is 350 g/mol. The lowest BCUT2D eigenvalue weighted by atomic mass is 9.92. The number of sulfonamides is 1. The molecule has 1 saturated heterocycles. The molecule has 0 saturated carbocycles. The van der Waals surface area contributed by atoms with Gasteiger partial charge in [-0.15, -0.1) is 0 Å². The molecule has 0 amide bonds. The van der Waals surface area contributed by atoms with Gasteiger partial charge in [-0.2, -0.15) is 15.6 Å². The zero-order valence-electron chi connectivity index (χ0n) is 13.4. The molecule has 0 atom stereocenters. The van der Waals surface area contributed by atoms with E-state index in [9.17, 15) is 8.42 Å². The van der Waals surface area contributed by atoms with Gasteiger partial charge in [-0.3, -0.25) is 0 Å². The van der Waals surface area contributed by atoms with E-state index in [-0.39, 0.29) is 0 Å². The van der Waals surface area contributed by atoms with Crippen molar-refractivity contribution in [2.75, 3.05) is 13.1 Å². The first-order valence-corrected chi connectivity index (χ1v) is 10.6. The van der Waals surface area contributed by atoms with E-state index >= 15 is 0 Å². The summed E-state index contributed by atoms with van der Waals surface area (Å²) >= 11 is 1.71. The molecular formula is C18H23NO2S2. The van der Waals surface area contributed by atoms with Crippen LogP contribution in [0.15, 0.2) is 46.0 Å². The molecule has 1 aliphatic rings. The maximum Gasteiger partial charge on any atom is 0.243 e. The molecule has 1 fully saturated rings. The highest BCUT2D eigenvalue weighted by atomic mass is 32.2. The van der Waals surface area contributed by atoms with Gasteiger partial charge in [0.15, 0.2) is 0 Å². The van der Waals surface area contributed by atoms with Crippen molar-refractivity contribution in [2.24, 2.45) is 0 Å². The molecule has 0 radical (unpaired) electrons. The molecule has 3 rings (SSSR count). The van der Waals surface area contributed by atoms with Crippen LogP contribution in [-0.4, -0.2) is 25.8 Å². The summed E-state index contributed by atoms with van der Waals surface area (Å²) in [7, 11) is -3.35. The van der Waals surface area contributed by atoms with Gasteiger partial charge in [0.05, 0.1) is 4.90 Å². The van der Waals surface area contributed by atoms with Crippen molar-refractivity contribution in [3.8, 4) is 0 Å². The third-order valence-corrected chi connectivity index (χ3v) is 7.18. The van der Waals surface area contributed by atoms with Crippen LogP contribution in [0.4, 0.5) is 0 Å².